The number of benzene rings is 8. The van der Waals surface area contributed by atoms with Crippen LogP contribution in [-0.4, -0.2) is 173 Å². The van der Waals surface area contributed by atoms with Crippen LogP contribution in [0.15, 0.2) is 52.9 Å². The van der Waals surface area contributed by atoms with E-state index in [1.165, 1.54) is 209 Å². The van der Waals surface area contributed by atoms with Crippen molar-refractivity contribution in [2.75, 3.05) is 4.90 Å². The standard InChI is InChI=1S/C53H61B22NO/c1-52(2)30-18(57)9-19(58)37(64)28(30)25-17(56)11-23(39(66)31(25)52)76(49-21(60)10-20(59)38(65)48(49)75)22-7-4-12(34(61)40(22)67)13-8-16(55)26-29-42(69)45(72)44(71)33(50(29)77-51(26)35(13)62)53(3)14-5-6-15(54)36(63)24(14)27-32(53)43(70)47(74)46(73)41(27)68/h4-11H,54-75H2,1-3H3. The summed E-state index contributed by atoms with van der Waals surface area (Å²) in [6.07, 6.45) is 0. The van der Waals surface area contributed by atoms with E-state index in [4.69, 9.17) is 4.42 Å². The van der Waals surface area contributed by atoms with Gasteiger partial charge in [-0.15, -0.1) is 16.4 Å². The van der Waals surface area contributed by atoms with Crippen molar-refractivity contribution >= 4 is 332 Å². The Morgan fingerprint density at radius 2 is 0.909 bits per heavy atom. The quantitative estimate of drug-likeness (QED) is 0.160. The maximum Gasteiger partial charge on any atom is 0.145 e. The van der Waals surface area contributed by atoms with E-state index in [2.05, 4.69) is 247 Å². The van der Waals surface area contributed by atoms with Crippen LogP contribution in [0.4, 0.5) is 17.1 Å². The molecule has 1 unspecified atom stereocenters. The molecule has 2 aliphatic rings. The van der Waals surface area contributed by atoms with Crippen LogP contribution in [0.1, 0.15) is 48.6 Å². The molecule has 1 heterocycles. The average molecular weight is 966 g/mol. The first kappa shape index (κ1) is 53.8. The second-order valence-electron chi connectivity index (χ2n) is 25.4. The summed E-state index contributed by atoms with van der Waals surface area (Å²) in [6.45, 7) is 7.43. The molecule has 0 N–H and O–H groups in total. The summed E-state index contributed by atoms with van der Waals surface area (Å²) in [6, 6.07) is 19.4. The molecule has 2 aliphatic carbocycles. The molecule has 0 radical (unpaired) electrons. The molecule has 0 fully saturated rings. The Balaban J connectivity index is 1.15. The van der Waals surface area contributed by atoms with Gasteiger partial charge in [0, 0.05) is 44.2 Å². The van der Waals surface area contributed by atoms with Gasteiger partial charge in [-0.3, -0.25) is 0 Å². The van der Waals surface area contributed by atoms with Crippen LogP contribution >= 0.6 is 0 Å². The minimum Gasteiger partial charge on any atom is -0.456 e. The summed E-state index contributed by atoms with van der Waals surface area (Å²) >= 11 is 0. The van der Waals surface area contributed by atoms with Gasteiger partial charge in [0.1, 0.15) is 184 Å². The fourth-order valence-corrected chi connectivity index (χ4v) is 15.9. The Kier molecular flexibility index (Phi) is 12.5. The molecule has 0 aliphatic heterocycles. The zero-order chi connectivity index (χ0) is 56.0. The van der Waals surface area contributed by atoms with Gasteiger partial charge in [0.05, 0.1) is 0 Å². The fraction of sp³-hybridized carbons (Fsp3) is 0.0943. The van der Waals surface area contributed by atoms with Gasteiger partial charge in [-0.05, 0) is 80.2 Å². The lowest BCUT2D eigenvalue weighted by Gasteiger charge is -2.36. The van der Waals surface area contributed by atoms with Crippen molar-refractivity contribution in [2.45, 2.75) is 31.6 Å². The van der Waals surface area contributed by atoms with Gasteiger partial charge in [-0.25, -0.2) is 0 Å². The first-order valence-corrected chi connectivity index (χ1v) is 28.5. The zero-order valence-electron chi connectivity index (χ0n) is 51.5. The van der Waals surface area contributed by atoms with Gasteiger partial charge < -0.3 is 9.32 Å². The molecule has 11 rings (SSSR count). The third kappa shape index (κ3) is 7.00. The maximum absolute atomic E-state index is 7.67. The van der Waals surface area contributed by atoms with Crippen LogP contribution in [0.2, 0.25) is 0 Å². The lowest BCUT2D eigenvalue weighted by molar-refractivity contribution is 0.643. The van der Waals surface area contributed by atoms with Crippen LogP contribution in [0.3, 0.4) is 0 Å². The highest BCUT2D eigenvalue weighted by molar-refractivity contribution is 6.67. The highest BCUT2D eigenvalue weighted by Crippen LogP contribution is 2.51. The number of rotatable bonds is 5. The molecule has 0 bridgehead atoms. The minimum absolute atomic E-state index is 0.161. The van der Waals surface area contributed by atoms with E-state index in [0.29, 0.717) is 0 Å². The predicted octanol–water partition coefficient (Wildman–Crippen LogP) is -24.0. The van der Waals surface area contributed by atoms with E-state index in [1.807, 2.05) is 0 Å². The highest BCUT2D eigenvalue weighted by Gasteiger charge is 2.47. The van der Waals surface area contributed by atoms with Gasteiger partial charge >= 0.3 is 0 Å². The smallest absolute Gasteiger partial charge is 0.145 e. The summed E-state index contributed by atoms with van der Waals surface area (Å²) in [5.41, 5.74) is 49.8. The Labute approximate surface area is 479 Å². The summed E-state index contributed by atoms with van der Waals surface area (Å²) in [5.74, 6) is 0. The Morgan fingerprint density at radius 1 is 0.325 bits per heavy atom. The van der Waals surface area contributed by atoms with Crippen LogP contribution in [0.5, 0.6) is 0 Å². The largest absolute Gasteiger partial charge is 0.456 e. The fourth-order valence-electron chi connectivity index (χ4n) is 15.9. The number of fused-ring (bicyclic) bond motifs is 9. The van der Waals surface area contributed by atoms with E-state index in [0.717, 1.165) is 11.2 Å². The summed E-state index contributed by atoms with van der Waals surface area (Å²) in [4.78, 5) is 2.64. The van der Waals surface area contributed by atoms with Crippen LogP contribution in [-0.2, 0) is 10.8 Å². The van der Waals surface area contributed by atoms with E-state index < -0.39 is 5.41 Å². The van der Waals surface area contributed by atoms with Crippen molar-refractivity contribution in [3.8, 4) is 33.4 Å². The average Bonchev–Trinajstić information content (AvgIpc) is 4.10. The molecule has 0 amide bonds. The van der Waals surface area contributed by atoms with E-state index in [-0.39, 0.29) is 5.41 Å². The monoisotopic (exact) mass is 970 g/mol. The van der Waals surface area contributed by atoms with E-state index >= 15 is 0 Å². The first-order valence-electron chi connectivity index (χ1n) is 28.5. The SMILES string of the molecule is Bc1cc(B)c(N(c2ccc(-c3cc(B)c4c(oc5c(C6(C)c7ccc(B)c(B)c7-c7c(B)c(B)c(B)c(B)c76)c(B)c(B)c(B)c54)c3B)c(B)c2B)c2cc(B)c3c(c2B)C(C)(C)c2c(B)cc(B)c(B)c2-3)c(B)c1B. The van der Waals surface area contributed by atoms with Gasteiger partial charge in [0.2, 0.25) is 0 Å². The van der Waals surface area contributed by atoms with Crippen LogP contribution in [0.25, 0.3) is 55.3 Å². The predicted molar refractivity (Wildman–Crippen MR) is 409 cm³/mol. The number of hydrogen-bond donors (Lipinski definition) is 0. The van der Waals surface area contributed by atoms with Crippen LogP contribution < -0.4 is 125 Å². The highest BCUT2D eigenvalue weighted by atomic mass is 16.3. The summed E-state index contributed by atoms with van der Waals surface area (Å²) in [5, 5.41) is 2.50. The number of anilines is 3. The molecule has 8 aromatic carbocycles. The third-order valence-electron chi connectivity index (χ3n) is 21.1. The maximum atomic E-state index is 7.67. The molecule has 0 spiro atoms. The van der Waals surface area contributed by atoms with E-state index in [9.17, 15) is 0 Å². The molecule has 0 saturated heterocycles. The summed E-state index contributed by atoms with van der Waals surface area (Å²) < 4.78 is 7.67. The van der Waals surface area contributed by atoms with Crippen molar-refractivity contribution in [1.82, 2.24) is 0 Å². The first-order chi connectivity index (χ1) is 36.0. The minimum atomic E-state index is -0.440. The second kappa shape index (κ2) is 17.9. The van der Waals surface area contributed by atoms with Crippen molar-refractivity contribution in [2.24, 2.45) is 0 Å². The molecular weight excluding hydrogens is 904 g/mol. The van der Waals surface area contributed by atoms with Gasteiger partial charge in [-0.1, -0.05) is 149 Å². The van der Waals surface area contributed by atoms with Gasteiger partial charge in [0.25, 0.3) is 0 Å². The van der Waals surface area contributed by atoms with Crippen molar-refractivity contribution in [3.63, 3.8) is 0 Å². The zero-order valence-corrected chi connectivity index (χ0v) is 51.5. The second-order valence-corrected chi connectivity index (χ2v) is 25.4. The lowest BCUT2D eigenvalue weighted by Crippen LogP contribution is -2.52. The van der Waals surface area contributed by atoms with Crippen LogP contribution in [0, 0.1) is 0 Å². The van der Waals surface area contributed by atoms with E-state index in [1.54, 1.807) is 0 Å². The Morgan fingerprint density at radius 3 is 1.58 bits per heavy atom. The third-order valence-corrected chi connectivity index (χ3v) is 21.1. The molecule has 350 valence electrons. The molecule has 0 saturated carbocycles. The number of furan rings is 1. The summed E-state index contributed by atoms with van der Waals surface area (Å²) in [7, 11) is 51.2. The normalized spacial score (nSPS) is 14.9. The molecular formula is C53H61B22NO. The lowest BCUT2D eigenvalue weighted by atomic mass is 9.57. The van der Waals surface area contributed by atoms with Crippen molar-refractivity contribution < 1.29 is 4.42 Å². The Bertz CT molecular complexity index is 4260. The number of hydrogen-bond acceptors (Lipinski definition) is 2. The Hall–Kier alpha value is -5.21. The molecule has 1 atom stereocenters. The topological polar surface area (TPSA) is 16.4 Å². The molecule has 77 heavy (non-hydrogen) atoms. The van der Waals surface area contributed by atoms with Gasteiger partial charge in [-0.2, -0.15) is 0 Å². The molecule has 9 aromatic rings. The molecule has 1 aromatic heterocycles. The van der Waals surface area contributed by atoms with Crippen molar-refractivity contribution in [3.05, 3.63) is 76.3 Å². The number of nitrogens with zero attached hydrogens (tertiary/aromatic N) is 1. The molecule has 2 nitrogen and oxygen atoms in total. The molecule has 24 heteroatoms. The van der Waals surface area contributed by atoms with Gasteiger partial charge in [0.15, 0.2) is 0 Å². The van der Waals surface area contributed by atoms with Crippen molar-refractivity contribution in [1.29, 1.82) is 0 Å².